The minimum Gasteiger partial charge on any atom is -0.495 e. The largest absolute Gasteiger partial charge is 0.495 e. The molecule has 0 saturated carbocycles. The zero-order valence-electron chi connectivity index (χ0n) is 20.1. The first-order chi connectivity index (χ1) is 16.2. The second kappa shape index (κ2) is 8.79. The average molecular weight is 486 g/mol. The highest BCUT2D eigenvalue weighted by molar-refractivity contribution is 7.88. The summed E-state index contributed by atoms with van der Waals surface area (Å²) in [5, 5.41) is 8.84. The molecule has 1 saturated heterocycles. The van der Waals surface area contributed by atoms with E-state index < -0.39 is 10.0 Å². The molecule has 0 amide bonds. The summed E-state index contributed by atoms with van der Waals surface area (Å²) < 4.78 is 33.4. The summed E-state index contributed by atoms with van der Waals surface area (Å²) in [6, 6.07) is 4.08. The number of hydrogen-bond acceptors (Lipinski definition) is 8. The van der Waals surface area contributed by atoms with Crippen LogP contribution in [0.2, 0.25) is 0 Å². The van der Waals surface area contributed by atoms with Gasteiger partial charge in [-0.15, -0.1) is 0 Å². The number of benzene rings is 1. The van der Waals surface area contributed by atoms with Crippen LogP contribution in [0.25, 0.3) is 11.0 Å². The molecule has 2 aliphatic heterocycles. The van der Waals surface area contributed by atoms with E-state index in [1.165, 1.54) is 17.4 Å². The zero-order chi connectivity index (χ0) is 24.0. The maximum Gasteiger partial charge on any atom is 0.229 e. The van der Waals surface area contributed by atoms with Crippen LogP contribution in [0.5, 0.6) is 5.75 Å². The fraction of sp³-hybridized carbons (Fsp3) is 0.522. The van der Waals surface area contributed by atoms with E-state index in [1.807, 2.05) is 11.6 Å². The standard InChI is InChI=1S/C23H31N7O3S/c1-15-19-12-24-23(25-20-10-17-13-28(2)9-7-16(17)11-21(20)33-3)26-22(19)29(27-15)14-18-6-5-8-30(18)34(4,31)32/h10-12,18H,5-9,13-14H2,1-4H3,(H,24,25,26). The van der Waals surface area contributed by atoms with E-state index in [-0.39, 0.29) is 6.04 Å². The van der Waals surface area contributed by atoms with Crippen LogP contribution < -0.4 is 10.1 Å². The minimum atomic E-state index is -3.26. The van der Waals surface area contributed by atoms with Gasteiger partial charge < -0.3 is 15.0 Å². The van der Waals surface area contributed by atoms with Gasteiger partial charge in [0.2, 0.25) is 16.0 Å². The van der Waals surface area contributed by atoms with Crippen LogP contribution in [0.1, 0.15) is 29.7 Å². The van der Waals surface area contributed by atoms with Gasteiger partial charge in [-0.05, 0) is 56.5 Å². The highest BCUT2D eigenvalue weighted by Gasteiger charge is 2.32. The first-order valence-electron chi connectivity index (χ1n) is 11.6. The molecule has 5 rings (SSSR count). The van der Waals surface area contributed by atoms with Crippen molar-refractivity contribution < 1.29 is 13.2 Å². The van der Waals surface area contributed by atoms with Crippen molar-refractivity contribution in [3.05, 3.63) is 35.2 Å². The van der Waals surface area contributed by atoms with Gasteiger partial charge >= 0.3 is 0 Å². The summed E-state index contributed by atoms with van der Waals surface area (Å²) in [7, 11) is 0.531. The SMILES string of the molecule is COc1cc2c(cc1Nc1ncc3c(C)nn(CC4CCCN4S(C)(=O)=O)c3n1)CN(C)CC2. The van der Waals surface area contributed by atoms with Gasteiger partial charge in [-0.3, -0.25) is 0 Å². The number of methoxy groups -OCH3 is 1. The monoisotopic (exact) mass is 485 g/mol. The van der Waals surface area contributed by atoms with Gasteiger partial charge in [0.25, 0.3) is 0 Å². The Morgan fingerprint density at radius 1 is 1.24 bits per heavy atom. The third-order valence-corrected chi connectivity index (χ3v) is 8.11. The predicted octanol–water partition coefficient (Wildman–Crippen LogP) is 2.30. The van der Waals surface area contributed by atoms with E-state index in [9.17, 15) is 8.42 Å². The van der Waals surface area contributed by atoms with Crippen LogP contribution in [-0.2, 0) is 29.5 Å². The summed E-state index contributed by atoms with van der Waals surface area (Å²) in [5.74, 6) is 1.20. The van der Waals surface area contributed by atoms with Crippen LogP contribution in [0.4, 0.5) is 11.6 Å². The quantitative estimate of drug-likeness (QED) is 0.567. The molecule has 0 bridgehead atoms. The van der Waals surface area contributed by atoms with Gasteiger partial charge in [-0.2, -0.15) is 14.4 Å². The Balaban J connectivity index is 1.46. The summed E-state index contributed by atoms with van der Waals surface area (Å²) in [6.07, 6.45) is 5.70. The molecule has 1 N–H and O–H groups in total. The molecule has 0 radical (unpaired) electrons. The highest BCUT2D eigenvalue weighted by Crippen LogP contribution is 2.33. The summed E-state index contributed by atoms with van der Waals surface area (Å²) in [6.45, 7) is 4.85. The van der Waals surface area contributed by atoms with Crippen molar-refractivity contribution in [1.82, 2.24) is 29.0 Å². The third kappa shape index (κ3) is 4.35. The normalized spacial score (nSPS) is 19.5. The molecule has 0 aliphatic carbocycles. The van der Waals surface area contributed by atoms with Crippen molar-refractivity contribution in [1.29, 1.82) is 0 Å². The molecule has 1 atom stereocenters. The second-order valence-electron chi connectivity index (χ2n) is 9.30. The molecule has 4 heterocycles. The van der Waals surface area contributed by atoms with Gasteiger partial charge in [-0.25, -0.2) is 18.1 Å². The Bertz CT molecular complexity index is 1340. The van der Waals surface area contributed by atoms with Gasteiger partial charge in [0.05, 0.1) is 36.7 Å². The third-order valence-electron chi connectivity index (χ3n) is 6.78. The first-order valence-corrected chi connectivity index (χ1v) is 13.4. The number of nitrogens with zero attached hydrogens (tertiary/aromatic N) is 6. The van der Waals surface area contributed by atoms with Gasteiger partial charge in [0.15, 0.2) is 5.65 Å². The number of sulfonamides is 1. The number of aryl methyl sites for hydroxylation is 1. The van der Waals surface area contributed by atoms with Crippen LogP contribution >= 0.6 is 0 Å². The average Bonchev–Trinajstić information content (AvgIpc) is 3.38. The highest BCUT2D eigenvalue weighted by atomic mass is 32.2. The Kier molecular flexibility index (Phi) is 5.95. The summed E-state index contributed by atoms with van der Waals surface area (Å²) >= 11 is 0. The lowest BCUT2D eigenvalue weighted by atomic mass is 9.99. The zero-order valence-corrected chi connectivity index (χ0v) is 20.9. The van der Waals surface area contributed by atoms with Gasteiger partial charge in [0, 0.05) is 31.9 Å². The van der Waals surface area contributed by atoms with E-state index in [2.05, 4.69) is 39.5 Å². The lowest BCUT2D eigenvalue weighted by Gasteiger charge is -2.26. The molecule has 1 unspecified atom stereocenters. The van der Waals surface area contributed by atoms with Gasteiger partial charge in [-0.1, -0.05) is 0 Å². The molecular formula is C23H31N7O3S. The Labute approximate surface area is 200 Å². The van der Waals surface area contributed by atoms with E-state index in [0.29, 0.717) is 24.7 Å². The fourth-order valence-electron chi connectivity index (χ4n) is 5.04. The first kappa shape index (κ1) is 23.0. The number of likely N-dealkylation sites (N-methyl/N-ethyl adjacent to an activating group) is 1. The van der Waals surface area contributed by atoms with Crippen molar-refractivity contribution >= 4 is 32.7 Å². The molecule has 10 nitrogen and oxygen atoms in total. The Hall–Kier alpha value is -2.76. The Morgan fingerprint density at radius 2 is 2.06 bits per heavy atom. The van der Waals surface area contributed by atoms with Crippen molar-refractivity contribution in [2.45, 2.75) is 45.3 Å². The lowest BCUT2D eigenvalue weighted by Crippen LogP contribution is -2.37. The molecule has 2 aliphatic rings. The number of hydrogen-bond donors (Lipinski definition) is 1. The predicted molar refractivity (Wildman–Crippen MR) is 131 cm³/mol. The fourth-order valence-corrected chi connectivity index (χ4v) is 6.21. The molecule has 2 aromatic heterocycles. The second-order valence-corrected chi connectivity index (χ2v) is 11.2. The number of aromatic nitrogens is 4. The van der Waals surface area contributed by atoms with E-state index in [1.54, 1.807) is 17.6 Å². The van der Waals surface area contributed by atoms with Crippen molar-refractivity contribution in [3.63, 3.8) is 0 Å². The number of fused-ring (bicyclic) bond motifs is 2. The van der Waals surface area contributed by atoms with Crippen molar-refractivity contribution in [2.24, 2.45) is 0 Å². The van der Waals surface area contributed by atoms with E-state index >= 15 is 0 Å². The van der Waals surface area contributed by atoms with Gasteiger partial charge in [0.1, 0.15) is 5.75 Å². The number of rotatable bonds is 6. The molecule has 3 aromatic rings. The maximum atomic E-state index is 12.2. The molecule has 0 spiro atoms. The lowest BCUT2D eigenvalue weighted by molar-refractivity contribution is 0.312. The molecule has 182 valence electrons. The van der Waals surface area contributed by atoms with E-state index in [0.717, 1.165) is 54.9 Å². The molecule has 1 fully saturated rings. The number of anilines is 2. The Morgan fingerprint density at radius 3 is 2.82 bits per heavy atom. The topological polar surface area (TPSA) is 105 Å². The smallest absolute Gasteiger partial charge is 0.229 e. The summed E-state index contributed by atoms with van der Waals surface area (Å²) in [4.78, 5) is 11.6. The van der Waals surface area contributed by atoms with E-state index in [4.69, 9.17) is 9.72 Å². The van der Waals surface area contributed by atoms with Crippen LogP contribution in [0.3, 0.4) is 0 Å². The van der Waals surface area contributed by atoms with Crippen LogP contribution in [0.15, 0.2) is 18.3 Å². The van der Waals surface area contributed by atoms with Crippen LogP contribution in [0, 0.1) is 6.92 Å². The van der Waals surface area contributed by atoms with Crippen molar-refractivity contribution in [3.8, 4) is 5.75 Å². The molecule has 34 heavy (non-hydrogen) atoms. The minimum absolute atomic E-state index is 0.124. The van der Waals surface area contributed by atoms with Crippen molar-refractivity contribution in [2.75, 3.05) is 38.8 Å². The molecular weight excluding hydrogens is 454 g/mol. The summed E-state index contributed by atoms with van der Waals surface area (Å²) in [5.41, 5.74) is 4.89. The van der Waals surface area contributed by atoms with Crippen LogP contribution in [-0.4, -0.2) is 76.9 Å². The number of nitrogens with one attached hydrogen (secondary N) is 1. The maximum absolute atomic E-state index is 12.2. The molecule has 11 heteroatoms. The number of ether oxygens (including phenoxy) is 1. The molecule has 1 aromatic carbocycles.